The molecule has 1 saturated carbocycles. The van der Waals surface area contributed by atoms with Crippen molar-refractivity contribution in [2.45, 2.75) is 44.2 Å². The molecular weight excluding hydrogens is 240 g/mol. The lowest BCUT2D eigenvalue weighted by Crippen LogP contribution is -2.62. The van der Waals surface area contributed by atoms with Gasteiger partial charge in [-0.1, -0.05) is 6.92 Å². The molecule has 0 spiro atoms. The van der Waals surface area contributed by atoms with Crippen LogP contribution in [0.4, 0.5) is 4.79 Å². The summed E-state index contributed by atoms with van der Waals surface area (Å²) in [6.45, 7) is 2.00. The van der Waals surface area contributed by atoms with Crippen LogP contribution in [0.3, 0.4) is 0 Å². The van der Waals surface area contributed by atoms with Crippen molar-refractivity contribution in [2.24, 2.45) is 0 Å². The number of carboxylic acids is 1. The van der Waals surface area contributed by atoms with Crippen molar-refractivity contribution in [3.63, 3.8) is 0 Å². The highest BCUT2D eigenvalue weighted by Gasteiger charge is 2.45. The minimum Gasteiger partial charge on any atom is -0.480 e. The van der Waals surface area contributed by atoms with E-state index >= 15 is 0 Å². The van der Waals surface area contributed by atoms with Crippen LogP contribution in [-0.4, -0.2) is 40.7 Å². The van der Waals surface area contributed by atoms with E-state index in [-0.39, 0.29) is 12.1 Å². The molecule has 3 N–H and O–H groups in total. The Morgan fingerprint density at radius 2 is 2.12 bits per heavy atom. The number of carbonyl (C=O) groups excluding carboxylic acids is 1. The Morgan fingerprint density at radius 3 is 2.47 bits per heavy atom. The lowest BCUT2D eigenvalue weighted by Gasteiger charge is -2.38. The standard InChI is InChI=1S/C11H20N2O3S/c1-3-8(7-17-2)12-10(16)13-11(9(14)15)5-4-6-11/h8H,3-7H2,1-2H3,(H,14,15)(H2,12,13,16). The number of urea groups is 1. The molecule has 1 aliphatic rings. The van der Waals surface area contributed by atoms with Crippen LogP contribution in [0.2, 0.25) is 0 Å². The van der Waals surface area contributed by atoms with E-state index in [1.165, 1.54) is 0 Å². The van der Waals surface area contributed by atoms with Gasteiger partial charge in [0.05, 0.1) is 0 Å². The van der Waals surface area contributed by atoms with Gasteiger partial charge in [-0.25, -0.2) is 9.59 Å². The van der Waals surface area contributed by atoms with Gasteiger partial charge < -0.3 is 15.7 Å². The number of carboxylic acid groups (broad SMARTS) is 1. The average Bonchev–Trinajstić information content (AvgIpc) is 2.22. The smallest absolute Gasteiger partial charge is 0.329 e. The van der Waals surface area contributed by atoms with Crippen LogP contribution in [0.25, 0.3) is 0 Å². The summed E-state index contributed by atoms with van der Waals surface area (Å²) < 4.78 is 0. The number of carbonyl (C=O) groups is 2. The van der Waals surface area contributed by atoms with Crippen LogP contribution in [0, 0.1) is 0 Å². The predicted molar refractivity (Wildman–Crippen MR) is 68.3 cm³/mol. The zero-order chi connectivity index (χ0) is 12.9. The summed E-state index contributed by atoms with van der Waals surface area (Å²) in [5, 5.41) is 14.5. The fourth-order valence-corrected chi connectivity index (χ4v) is 2.55. The maximum Gasteiger partial charge on any atom is 0.329 e. The molecule has 5 nitrogen and oxygen atoms in total. The first-order valence-electron chi connectivity index (χ1n) is 5.85. The molecule has 1 unspecified atom stereocenters. The van der Waals surface area contributed by atoms with E-state index in [4.69, 9.17) is 5.11 Å². The Labute approximate surface area is 106 Å². The molecule has 0 aromatic heterocycles. The lowest BCUT2D eigenvalue weighted by atomic mass is 9.77. The quantitative estimate of drug-likeness (QED) is 0.675. The normalized spacial score (nSPS) is 18.9. The van der Waals surface area contributed by atoms with E-state index in [0.717, 1.165) is 18.6 Å². The van der Waals surface area contributed by atoms with Gasteiger partial charge in [0.2, 0.25) is 0 Å². The van der Waals surface area contributed by atoms with E-state index in [2.05, 4.69) is 10.6 Å². The molecule has 0 aromatic carbocycles. The fourth-order valence-electron chi connectivity index (χ4n) is 1.82. The second kappa shape index (κ2) is 6.14. The van der Waals surface area contributed by atoms with Crippen molar-refractivity contribution in [1.29, 1.82) is 0 Å². The van der Waals surface area contributed by atoms with Gasteiger partial charge in [-0.2, -0.15) is 11.8 Å². The molecule has 1 fully saturated rings. The number of hydrogen-bond donors (Lipinski definition) is 3. The lowest BCUT2D eigenvalue weighted by molar-refractivity contribution is -0.148. The van der Waals surface area contributed by atoms with E-state index < -0.39 is 11.5 Å². The Bertz CT molecular complexity index is 292. The predicted octanol–water partition coefficient (Wildman–Crippen LogP) is 1.43. The second-order valence-corrected chi connectivity index (χ2v) is 5.31. The summed E-state index contributed by atoms with van der Waals surface area (Å²) in [5.41, 5.74) is -1.03. The van der Waals surface area contributed by atoms with Crippen LogP contribution < -0.4 is 10.6 Å². The summed E-state index contributed by atoms with van der Waals surface area (Å²) in [6, 6.07) is -0.274. The van der Waals surface area contributed by atoms with Crippen LogP contribution in [-0.2, 0) is 4.79 Å². The highest BCUT2D eigenvalue weighted by Crippen LogP contribution is 2.31. The maximum absolute atomic E-state index is 11.7. The molecule has 1 atom stereocenters. The van der Waals surface area contributed by atoms with Crippen LogP contribution >= 0.6 is 11.8 Å². The summed E-state index contributed by atoms with van der Waals surface area (Å²) >= 11 is 1.66. The summed E-state index contributed by atoms with van der Waals surface area (Å²) in [6.07, 6.45) is 4.72. The molecule has 2 amide bonds. The fraction of sp³-hybridized carbons (Fsp3) is 0.818. The minimum atomic E-state index is -1.03. The molecule has 0 aromatic rings. The first kappa shape index (κ1) is 14.2. The number of aliphatic carboxylic acids is 1. The molecule has 0 radical (unpaired) electrons. The largest absolute Gasteiger partial charge is 0.480 e. The first-order valence-corrected chi connectivity index (χ1v) is 7.24. The first-order chi connectivity index (χ1) is 8.04. The van der Waals surface area contributed by atoms with Gasteiger partial charge in [0.1, 0.15) is 5.54 Å². The summed E-state index contributed by atoms with van der Waals surface area (Å²) in [4.78, 5) is 22.8. The Kier molecular flexibility index (Phi) is 5.11. The van der Waals surface area contributed by atoms with E-state index in [1.54, 1.807) is 11.8 Å². The van der Waals surface area contributed by atoms with Gasteiger partial charge in [0.25, 0.3) is 0 Å². The molecule has 0 bridgehead atoms. The topological polar surface area (TPSA) is 78.4 Å². The SMILES string of the molecule is CCC(CSC)NC(=O)NC1(C(=O)O)CCC1. The van der Waals surface area contributed by atoms with Crippen LogP contribution in [0.5, 0.6) is 0 Å². The minimum absolute atomic E-state index is 0.0934. The molecule has 98 valence electrons. The molecule has 0 saturated heterocycles. The molecule has 17 heavy (non-hydrogen) atoms. The van der Waals surface area contributed by atoms with Gasteiger partial charge >= 0.3 is 12.0 Å². The maximum atomic E-state index is 11.7. The van der Waals surface area contributed by atoms with Crippen molar-refractivity contribution in [1.82, 2.24) is 10.6 Å². The molecule has 6 heteroatoms. The Balaban J connectivity index is 2.45. The highest BCUT2D eigenvalue weighted by atomic mass is 32.2. The van der Waals surface area contributed by atoms with Gasteiger partial charge in [0, 0.05) is 11.8 Å². The Morgan fingerprint density at radius 1 is 1.47 bits per heavy atom. The number of rotatable bonds is 6. The van der Waals surface area contributed by atoms with E-state index in [1.807, 2.05) is 13.2 Å². The monoisotopic (exact) mass is 260 g/mol. The third-order valence-electron chi connectivity index (χ3n) is 3.17. The van der Waals surface area contributed by atoms with Gasteiger partial charge in [0.15, 0.2) is 0 Å². The van der Waals surface area contributed by atoms with Crippen molar-refractivity contribution < 1.29 is 14.7 Å². The molecular formula is C11H20N2O3S. The van der Waals surface area contributed by atoms with E-state index in [9.17, 15) is 9.59 Å². The van der Waals surface area contributed by atoms with Crippen LogP contribution in [0.1, 0.15) is 32.6 Å². The second-order valence-electron chi connectivity index (χ2n) is 4.40. The third kappa shape index (κ3) is 3.52. The third-order valence-corrected chi connectivity index (χ3v) is 3.90. The number of amides is 2. The van der Waals surface area contributed by atoms with Crippen molar-refractivity contribution in [3.05, 3.63) is 0 Å². The molecule has 1 rings (SSSR count). The zero-order valence-electron chi connectivity index (χ0n) is 10.3. The van der Waals surface area contributed by atoms with Gasteiger partial charge in [-0.3, -0.25) is 0 Å². The van der Waals surface area contributed by atoms with Crippen LogP contribution in [0.15, 0.2) is 0 Å². The highest BCUT2D eigenvalue weighted by molar-refractivity contribution is 7.98. The number of hydrogen-bond acceptors (Lipinski definition) is 3. The number of nitrogens with one attached hydrogen (secondary N) is 2. The summed E-state index contributed by atoms with van der Waals surface area (Å²) in [5.74, 6) is -0.0962. The van der Waals surface area contributed by atoms with E-state index in [0.29, 0.717) is 12.8 Å². The number of thioether (sulfide) groups is 1. The molecule has 1 aliphatic carbocycles. The average molecular weight is 260 g/mol. The Hall–Kier alpha value is -0.910. The van der Waals surface area contributed by atoms with Gasteiger partial charge in [-0.05, 0) is 31.9 Å². The molecule has 0 aliphatic heterocycles. The van der Waals surface area contributed by atoms with Crippen molar-refractivity contribution in [2.75, 3.05) is 12.0 Å². The summed E-state index contributed by atoms with van der Waals surface area (Å²) in [7, 11) is 0. The molecule has 0 heterocycles. The van der Waals surface area contributed by atoms with Gasteiger partial charge in [-0.15, -0.1) is 0 Å². The van der Waals surface area contributed by atoms with Crippen molar-refractivity contribution >= 4 is 23.8 Å². The van der Waals surface area contributed by atoms with Crippen molar-refractivity contribution in [3.8, 4) is 0 Å². The zero-order valence-corrected chi connectivity index (χ0v) is 11.1.